The van der Waals surface area contributed by atoms with Gasteiger partial charge in [0, 0.05) is 16.7 Å². The highest BCUT2D eigenvalue weighted by Gasteiger charge is 2.14. The molecule has 5 nitrogen and oxygen atoms in total. The van der Waals surface area contributed by atoms with Gasteiger partial charge in [-0.1, -0.05) is 48.0 Å². The minimum Gasteiger partial charge on any atom is -0.339 e. The molecule has 0 radical (unpaired) electrons. The lowest BCUT2D eigenvalue weighted by Gasteiger charge is -2.04. The van der Waals surface area contributed by atoms with Crippen molar-refractivity contribution in [2.24, 2.45) is 0 Å². The fraction of sp³-hybridized carbons (Fsp3) is 0. The molecule has 2 aromatic carbocycles. The van der Waals surface area contributed by atoms with E-state index in [0.717, 1.165) is 0 Å². The number of nitrogens with zero attached hydrogens (tertiary/aromatic N) is 1. The van der Waals surface area contributed by atoms with E-state index in [-0.39, 0.29) is 16.4 Å². The first-order valence-corrected chi connectivity index (χ1v) is 7.71. The minimum atomic E-state index is -0.386. The van der Waals surface area contributed by atoms with E-state index < -0.39 is 0 Å². The van der Waals surface area contributed by atoms with E-state index in [1.54, 1.807) is 18.2 Å². The molecule has 0 saturated carbocycles. The van der Waals surface area contributed by atoms with Crippen LogP contribution in [0.25, 0.3) is 28.0 Å². The number of para-hydroxylation sites is 1. The Labute approximate surface area is 141 Å². The molecule has 2 heterocycles. The summed E-state index contributed by atoms with van der Waals surface area (Å²) in [4.78, 5) is 28.1. The van der Waals surface area contributed by atoms with E-state index in [1.165, 1.54) is 10.7 Å². The number of pyridine rings is 1. The molecule has 0 aliphatic carbocycles. The molecule has 0 bridgehead atoms. The number of fused-ring (bicyclic) bond motifs is 1. The molecule has 0 aliphatic rings. The van der Waals surface area contributed by atoms with Crippen molar-refractivity contribution in [2.45, 2.75) is 0 Å². The van der Waals surface area contributed by atoms with Crippen LogP contribution in [0.4, 0.5) is 0 Å². The van der Waals surface area contributed by atoms with E-state index in [0.29, 0.717) is 27.6 Å². The van der Waals surface area contributed by atoms with Crippen LogP contribution in [-0.2, 0) is 0 Å². The van der Waals surface area contributed by atoms with Gasteiger partial charge in [-0.2, -0.15) is 0 Å². The molecule has 0 spiro atoms. The molecule has 2 aromatic heterocycles. The monoisotopic (exact) mass is 337 g/mol. The number of benzene rings is 2. The van der Waals surface area contributed by atoms with Crippen LogP contribution in [0.15, 0.2) is 70.3 Å². The average Bonchev–Trinajstić information content (AvgIpc) is 2.93. The van der Waals surface area contributed by atoms with Gasteiger partial charge in [-0.25, -0.2) is 4.68 Å². The van der Waals surface area contributed by atoms with Crippen LogP contribution in [-0.4, -0.2) is 14.8 Å². The van der Waals surface area contributed by atoms with E-state index in [1.807, 2.05) is 36.4 Å². The van der Waals surface area contributed by atoms with Crippen molar-refractivity contribution in [2.75, 3.05) is 0 Å². The first-order valence-electron chi connectivity index (χ1n) is 7.33. The van der Waals surface area contributed by atoms with Crippen molar-refractivity contribution in [1.82, 2.24) is 14.8 Å². The lowest BCUT2D eigenvalue weighted by molar-refractivity contribution is 0.858. The third-order valence-corrected chi connectivity index (χ3v) is 4.18. The standard InChI is InChI=1S/C18H12ClN3O2/c19-13-9-5-4-8-12(13)14-10-15(23)16-17(20-14)21-22(18(16)24)11-6-2-1-3-7-11/h1-10H,(H2,20,21,23). The fourth-order valence-corrected chi connectivity index (χ4v) is 2.95. The van der Waals surface area contributed by atoms with Crippen LogP contribution in [0.5, 0.6) is 0 Å². The van der Waals surface area contributed by atoms with Gasteiger partial charge in [-0.3, -0.25) is 14.7 Å². The summed E-state index contributed by atoms with van der Waals surface area (Å²) in [5, 5.41) is 3.57. The molecule has 6 heteroatoms. The van der Waals surface area contributed by atoms with Crippen molar-refractivity contribution in [3.63, 3.8) is 0 Å². The highest BCUT2D eigenvalue weighted by atomic mass is 35.5. The third-order valence-electron chi connectivity index (χ3n) is 3.85. The molecule has 0 amide bonds. The van der Waals surface area contributed by atoms with E-state index >= 15 is 0 Å². The molecular weight excluding hydrogens is 326 g/mol. The number of hydrogen-bond acceptors (Lipinski definition) is 2. The maximum atomic E-state index is 12.6. The zero-order chi connectivity index (χ0) is 16.7. The molecule has 0 saturated heterocycles. The normalized spacial score (nSPS) is 11.0. The number of aromatic amines is 2. The number of aromatic nitrogens is 3. The quantitative estimate of drug-likeness (QED) is 0.589. The van der Waals surface area contributed by atoms with Gasteiger partial charge in [0.25, 0.3) is 5.56 Å². The molecule has 4 aromatic rings. The van der Waals surface area contributed by atoms with Gasteiger partial charge in [0.05, 0.1) is 11.4 Å². The predicted octanol–water partition coefficient (Wildman–Crippen LogP) is 3.33. The Morgan fingerprint density at radius 2 is 1.62 bits per heavy atom. The van der Waals surface area contributed by atoms with Gasteiger partial charge in [-0.05, 0) is 18.2 Å². The molecule has 118 valence electrons. The largest absolute Gasteiger partial charge is 0.339 e. The molecule has 0 unspecified atom stereocenters. The summed E-state index contributed by atoms with van der Waals surface area (Å²) < 4.78 is 1.35. The SMILES string of the molecule is O=c1cc(-c2ccccc2Cl)[nH]c2[nH]n(-c3ccccc3)c(=O)c12. The van der Waals surface area contributed by atoms with Crippen molar-refractivity contribution in [3.8, 4) is 16.9 Å². The molecular formula is C18H12ClN3O2. The van der Waals surface area contributed by atoms with Gasteiger partial charge < -0.3 is 4.98 Å². The lowest BCUT2D eigenvalue weighted by atomic mass is 10.1. The summed E-state index contributed by atoms with van der Waals surface area (Å²) in [6, 6.07) is 17.7. The van der Waals surface area contributed by atoms with Crippen molar-refractivity contribution in [3.05, 3.63) is 86.3 Å². The first-order chi connectivity index (χ1) is 11.6. The summed E-state index contributed by atoms with van der Waals surface area (Å²) >= 11 is 6.20. The van der Waals surface area contributed by atoms with Gasteiger partial charge in [0.15, 0.2) is 5.43 Å². The Bertz CT molecular complexity index is 1160. The predicted molar refractivity (Wildman–Crippen MR) is 95.0 cm³/mol. The Morgan fingerprint density at radius 1 is 0.917 bits per heavy atom. The maximum absolute atomic E-state index is 12.6. The number of H-pyrrole nitrogens is 2. The van der Waals surface area contributed by atoms with E-state index in [2.05, 4.69) is 10.1 Å². The fourth-order valence-electron chi connectivity index (χ4n) is 2.71. The number of rotatable bonds is 2. The zero-order valence-corrected chi connectivity index (χ0v) is 13.2. The van der Waals surface area contributed by atoms with Crippen LogP contribution >= 0.6 is 11.6 Å². The first kappa shape index (κ1) is 14.5. The van der Waals surface area contributed by atoms with Crippen molar-refractivity contribution < 1.29 is 0 Å². The topological polar surface area (TPSA) is 70.7 Å². The van der Waals surface area contributed by atoms with Crippen LogP contribution < -0.4 is 11.0 Å². The third kappa shape index (κ3) is 2.26. The number of nitrogens with one attached hydrogen (secondary N) is 2. The van der Waals surface area contributed by atoms with E-state index in [4.69, 9.17) is 11.6 Å². The maximum Gasteiger partial charge on any atom is 0.284 e. The van der Waals surface area contributed by atoms with Crippen molar-refractivity contribution >= 4 is 22.6 Å². The van der Waals surface area contributed by atoms with Gasteiger partial charge >= 0.3 is 0 Å². The van der Waals surface area contributed by atoms with E-state index in [9.17, 15) is 9.59 Å². The van der Waals surface area contributed by atoms with Crippen molar-refractivity contribution in [1.29, 1.82) is 0 Å². The highest BCUT2D eigenvalue weighted by molar-refractivity contribution is 6.33. The summed E-state index contributed by atoms with van der Waals surface area (Å²) in [6.07, 6.45) is 0. The second kappa shape index (κ2) is 5.54. The Hall–Kier alpha value is -3.05. The summed E-state index contributed by atoms with van der Waals surface area (Å²) in [5.41, 5.74) is 1.54. The van der Waals surface area contributed by atoms with Gasteiger partial charge in [-0.15, -0.1) is 0 Å². The Morgan fingerprint density at radius 3 is 2.38 bits per heavy atom. The smallest absolute Gasteiger partial charge is 0.284 e. The molecule has 2 N–H and O–H groups in total. The van der Waals surface area contributed by atoms with Crippen LogP contribution in [0.3, 0.4) is 0 Å². The lowest BCUT2D eigenvalue weighted by Crippen LogP contribution is -2.18. The molecule has 0 atom stereocenters. The average molecular weight is 338 g/mol. The summed E-state index contributed by atoms with van der Waals surface area (Å²) in [7, 11) is 0. The Balaban J connectivity index is 1.99. The Kier molecular flexibility index (Phi) is 3.36. The minimum absolute atomic E-state index is 0.0923. The number of halogens is 1. The molecule has 0 fully saturated rings. The second-order valence-electron chi connectivity index (χ2n) is 5.37. The highest BCUT2D eigenvalue weighted by Crippen LogP contribution is 2.25. The summed E-state index contributed by atoms with van der Waals surface area (Å²) in [5.74, 6) is 0. The zero-order valence-electron chi connectivity index (χ0n) is 12.4. The summed E-state index contributed by atoms with van der Waals surface area (Å²) in [6.45, 7) is 0. The van der Waals surface area contributed by atoms with Crippen LogP contribution in [0.2, 0.25) is 5.02 Å². The van der Waals surface area contributed by atoms with Gasteiger partial charge in [0.1, 0.15) is 11.0 Å². The van der Waals surface area contributed by atoms with Gasteiger partial charge in [0.2, 0.25) is 0 Å². The van der Waals surface area contributed by atoms with Crippen LogP contribution in [0.1, 0.15) is 0 Å². The van der Waals surface area contributed by atoms with Crippen LogP contribution in [0, 0.1) is 0 Å². The number of hydrogen-bond donors (Lipinski definition) is 2. The molecule has 4 rings (SSSR count). The molecule has 0 aliphatic heterocycles. The second-order valence-corrected chi connectivity index (χ2v) is 5.77. The molecule has 24 heavy (non-hydrogen) atoms.